The van der Waals surface area contributed by atoms with E-state index in [-0.39, 0.29) is 11.4 Å². The van der Waals surface area contributed by atoms with E-state index in [0.717, 1.165) is 5.56 Å². The number of carbonyl (C=O) groups excluding carboxylic acids is 1. The monoisotopic (exact) mass is 397 g/mol. The molecule has 28 heavy (non-hydrogen) atoms. The quantitative estimate of drug-likeness (QED) is 0.635. The van der Waals surface area contributed by atoms with Crippen molar-refractivity contribution in [2.45, 2.75) is 36.7 Å². The van der Waals surface area contributed by atoms with Crippen molar-refractivity contribution in [1.29, 1.82) is 0 Å². The normalized spacial score (nSPS) is 12.4. The van der Waals surface area contributed by atoms with Crippen molar-refractivity contribution in [3.05, 3.63) is 60.2 Å². The van der Waals surface area contributed by atoms with Gasteiger partial charge in [0, 0.05) is 11.8 Å². The third-order valence-corrected chi connectivity index (χ3v) is 5.16. The second-order valence-electron chi connectivity index (χ2n) is 7.17. The molecule has 1 amide bonds. The molecule has 0 bridgehead atoms. The second kappa shape index (κ2) is 8.43. The highest BCUT2D eigenvalue weighted by atomic mass is 32.2. The van der Waals surface area contributed by atoms with Gasteiger partial charge in [-0.15, -0.1) is 5.10 Å². The minimum Gasteiger partial charge on any atom is -0.497 e. The molecule has 8 heteroatoms. The molecule has 0 aliphatic carbocycles. The van der Waals surface area contributed by atoms with E-state index in [1.54, 1.807) is 17.9 Å². The number of tetrazole rings is 1. The highest BCUT2D eigenvalue weighted by Gasteiger charge is 2.28. The van der Waals surface area contributed by atoms with Crippen LogP contribution in [0.3, 0.4) is 0 Å². The molecule has 0 saturated carbocycles. The van der Waals surface area contributed by atoms with Gasteiger partial charge in [-0.1, -0.05) is 48.2 Å². The van der Waals surface area contributed by atoms with Crippen LogP contribution in [0.4, 0.5) is 5.69 Å². The van der Waals surface area contributed by atoms with E-state index >= 15 is 0 Å². The minimum absolute atomic E-state index is 0.159. The predicted octanol–water partition coefficient (Wildman–Crippen LogP) is 3.91. The molecule has 0 aliphatic rings. The third kappa shape index (κ3) is 4.69. The molecule has 0 fully saturated rings. The summed E-state index contributed by atoms with van der Waals surface area (Å²) < 4.78 is 6.96. The maximum atomic E-state index is 13.1. The summed E-state index contributed by atoms with van der Waals surface area (Å²) in [5, 5.41) is 15.1. The molecule has 7 nitrogen and oxygen atoms in total. The zero-order valence-electron chi connectivity index (χ0n) is 16.3. The van der Waals surface area contributed by atoms with Gasteiger partial charge < -0.3 is 10.1 Å². The van der Waals surface area contributed by atoms with Crippen LogP contribution in [0.2, 0.25) is 0 Å². The Morgan fingerprint density at radius 1 is 1.14 bits per heavy atom. The van der Waals surface area contributed by atoms with Crippen molar-refractivity contribution in [2.24, 2.45) is 0 Å². The summed E-state index contributed by atoms with van der Waals surface area (Å²) in [7, 11) is 1.59. The lowest BCUT2D eigenvalue weighted by Gasteiger charge is -2.22. The third-order valence-electron chi connectivity index (χ3n) is 3.98. The molecule has 3 aromatic rings. The second-order valence-corrected chi connectivity index (χ2v) is 8.25. The van der Waals surface area contributed by atoms with E-state index in [1.165, 1.54) is 11.8 Å². The fourth-order valence-corrected chi connectivity index (χ4v) is 3.75. The lowest BCUT2D eigenvalue weighted by molar-refractivity contribution is -0.115. The Morgan fingerprint density at radius 2 is 1.89 bits per heavy atom. The smallest absolute Gasteiger partial charge is 0.242 e. The molecule has 146 valence electrons. The number of amides is 1. The summed E-state index contributed by atoms with van der Waals surface area (Å²) in [6.07, 6.45) is 0. The topological polar surface area (TPSA) is 81.9 Å². The molecule has 1 heterocycles. The van der Waals surface area contributed by atoms with E-state index in [9.17, 15) is 4.79 Å². The molecule has 1 N–H and O–H groups in total. The number of nitrogens with one attached hydrogen (secondary N) is 1. The molecule has 1 unspecified atom stereocenters. The zero-order valence-corrected chi connectivity index (χ0v) is 17.1. The van der Waals surface area contributed by atoms with Crippen molar-refractivity contribution in [1.82, 2.24) is 20.2 Å². The van der Waals surface area contributed by atoms with Crippen LogP contribution in [0.5, 0.6) is 5.75 Å². The fourth-order valence-electron chi connectivity index (χ4n) is 2.59. The molecule has 0 spiro atoms. The Morgan fingerprint density at radius 3 is 2.57 bits per heavy atom. The summed E-state index contributed by atoms with van der Waals surface area (Å²) in [6, 6.07) is 16.9. The standard InChI is InChI=1S/C20H23N5O2S/c1-20(2,3)25-19(22-23-24-25)28-17(14-9-6-5-7-10-14)18(26)21-15-11-8-12-16(13-15)27-4/h5-13,17H,1-4H3,(H,21,26). The first-order valence-corrected chi connectivity index (χ1v) is 9.72. The minimum atomic E-state index is -0.514. The number of anilines is 1. The molecule has 2 aromatic carbocycles. The number of carbonyl (C=O) groups is 1. The number of hydrogen-bond acceptors (Lipinski definition) is 6. The Hall–Kier alpha value is -2.87. The van der Waals surface area contributed by atoms with Gasteiger partial charge in [-0.25, -0.2) is 4.68 Å². The summed E-state index contributed by atoms with van der Waals surface area (Å²) in [5.41, 5.74) is 1.24. The lowest BCUT2D eigenvalue weighted by atomic mass is 10.1. The van der Waals surface area contributed by atoms with Gasteiger partial charge in [0.05, 0.1) is 12.6 Å². The van der Waals surface area contributed by atoms with Gasteiger partial charge >= 0.3 is 0 Å². The van der Waals surface area contributed by atoms with Crippen molar-refractivity contribution < 1.29 is 9.53 Å². The highest BCUT2D eigenvalue weighted by molar-refractivity contribution is 8.00. The summed E-state index contributed by atoms with van der Waals surface area (Å²) in [5.74, 6) is 0.520. The molecule has 1 aromatic heterocycles. The van der Waals surface area contributed by atoms with Crippen LogP contribution in [0.1, 0.15) is 31.6 Å². The summed E-state index contributed by atoms with van der Waals surface area (Å²) >= 11 is 1.32. The number of methoxy groups -OCH3 is 1. The fraction of sp³-hybridized carbons (Fsp3) is 0.300. The first-order chi connectivity index (χ1) is 13.4. The van der Waals surface area contributed by atoms with Gasteiger partial charge in [0.15, 0.2) is 0 Å². The van der Waals surface area contributed by atoms with Crippen molar-refractivity contribution in [2.75, 3.05) is 12.4 Å². The number of benzene rings is 2. The largest absolute Gasteiger partial charge is 0.497 e. The average Bonchev–Trinajstić information content (AvgIpc) is 3.16. The Bertz CT molecular complexity index is 937. The van der Waals surface area contributed by atoms with Gasteiger partial charge in [0.25, 0.3) is 0 Å². The van der Waals surface area contributed by atoms with Crippen LogP contribution in [0.25, 0.3) is 0 Å². The van der Waals surface area contributed by atoms with E-state index in [4.69, 9.17) is 4.74 Å². The number of rotatable bonds is 6. The van der Waals surface area contributed by atoms with Crippen LogP contribution in [0.15, 0.2) is 59.8 Å². The van der Waals surface area contributed by atoms with Crippen LogP contribution in [-0.2, 0) is 10.3 Å². The van der Waals surface area contributed by atoms with E-state index in [2.05, 4.69) is 20.8 Å². The lowest BCUT2D eigenvalue weighted by Crippen LogP contribution is -2.25. The van der Waals surface area contributed by atoms with E-state index in [1.807, 2.05) is 69.3 Å². The summed E-state index contributed by atoms with van der Waals surface area (Å²) in [4.78, 5) is 13.1. The van der Waals surface area contributed by atoms with Gasteiger partial charge in [-0.3, -0.25) is 4.79 Å². The Labute approximate surface area is 168 Å². The SMILES string of the molecule is COc1cccc(NC(=O)C(Sc2nnnn2C(C)(C)C)c2ccccc2)c1. The maximum absolute atomic E-state index is 13.1. The van der Waals surface area contributed by atoms with E-state index < -0.39 is 5.25 Å². The van der Waals surface area contributed by atoms with Gasteiger partial charge in [-0.2, -0.15) is 0 Å². The van der Waals surface area contributed by atoms with Crippen molar-refractivity contribution >= 4 is 23.4 Å². The van der Waals surface area contributed by atoms with Crippen LogP contribution < -0.4 is 10.1 Å². The molecular formula is C20H23N5O2S. The van der Waals surface area contributed by atoms with Gasteiger partial charge in [0.1, 0.15) is 11.0 Å². The van der Waals surface area contributed by atoms with Gasteiger partial charge in [-0.05, 0) is 48.9 Å². The number of aromatic nitrogens is 4. The number of nitrogens with zero attached hydrogens (tertiary/aromatic N) is 4. The van der Waals surface area contributed by atoms with Gasteiger partial charge in [0.2, 0.25) is 11.1 Å². The number of thioether (sulfide) groups is 1. The van der Waals surface area contributed by atoms with Crippen molar-refractivity contribution in [3.8, 4) is 5.75 Å². The zero-order chi connectivity index (χ0) is 20.1. The summed E-state index contributed by atoms with van der Waals surface area (Å²) in [6.45, 7) is 6.05. The molecule has 0 aliphatic heterocycles. The predicted molar refractivity (Wildman–Crippen MR) is 109 cm³/mol. The van der Waals surface area contributed by atoms with Crippen molar-refractivity contribution in [3.63, 3.8) is 0 Å². The molecule has 0 radical (unpaired) electrons. The number of hydrogen-bond donors (Lipinski definition) is 1. The molecular weight excluding hydrogens is 374 g/mol. The first-order valence-electron chi connectivity index (χ1n) is 8.84. The van der Waals surface area contributed by atoms with Crippen LogP contribution >= 0.6 is 11.8 Å². The highest BCUT2D eigenvalue weighted by Crippen LogP contribution is 2.36. The molecule has 3 rings (SSSR count). The first kappa shape index (κ1) is 19.9. The maximum Gasteiger partial charge on any atom is 0.242 e. The Kier molecular flexibility index (Phi) is 5.99. The van der Waals surface area contributed by atoms with Crippen LogP contribution in [0, 0.1) is 0 Å². The molecule has 0 saturated heterocycles. The van der Waals surface area contributed by atoms with E-state index in [0.29, 0.717) is 16.6 Å². The van der Waals surface area contributed by atoms with Crippen LogP contribution in [-0.4, -0.2) is 33.2 Å². The average molecular weight is 398 g/mol. The Balaban J connectivity index is 1.90. The number of ether oxygens (including phenoxy) is 1. The molecule has 1 atom stereocenters.